The zero-order chi connectivity index (χ0) is 14.8. The quantitative estimate of drug-likeness (QED) is 0.892. The van der Waals surface area contributed by atoms with Crippen LogP contribution in [0, 0.1) is 6.92 Å². The van der Waals surface area contributed by atoms with E-state index in [1.807, 2.05) is 43.3 Å². The van der Waals surface area contributed by atoms with Crippen molar-refractivity contribution in [3.05, 3.63) is 63.6 Å². The maximum absolute atomic E-state index is 12.5. The van der Waals surface area contributed by atoms with Gasteiger partial charge < -0.3 is 10.1 Å². The molecule has 0 aliphatic carbocycles. The lowest BCUT2D eigenvalue weighted by atomic mass is 9.97. The molecule has 108 valence electrons. The molecule has 0 saturated heterocycles. The van der Waals surface area contributed by atoms with E-state index in [1.165, 1.54) is 5.56 Å². The number of amides is 1. The van der Waals surface area contributed by atoms with Crippen molar-refractivity contribution >= 4 is 27.5 Å². The molecular formula is C17H16BrNO2. The lowest BCUT2D eigenvalue weighted by Gasteiger charge is -2.25. The van der Waals surface area contributed by atoms with Gasteiger partial charge in [0.2, 0.25) is 0 Å². The van der Waals surface area contributed by atoms with Crippen molar-refractivity contribution in [2.75, 3.05) is 11.9 Å². The van der Waals surface area contributed by atoms with Crippen LogP contribution in [0.2, 0.25) is 0 Å². The van der Waals surface area contributed by atoms with Crippen LogP contribution >= 0.6 is 15.9 Å². The Morgan fingerprint density at radius 3 is 2.95 bits per heavy atom. The first-order chi connectivity index (χ1) is 10.1. The average Bonchev–Trinajstić information content (AvgIpc) is 2.50. The minimum atomic E-state index is -0.539. The first-order valence-corrected chi connectivity index (χ1v) is 7.71. The number of rotatable bonds is 2. The van der Waals surface area contributed by atoms with Crippen molar-refractivity contribution < 1.29 is 9.53 Å². The van der Waals surface area contributed by atoms with Crippen molar-refractivity contribution in [1.82, 2.24) is 0 Å². The summed E-state index contributed by atoms with van der Waals surface area (Å²) >= 11 is 3.46. The van der Waals surface area contributed by atoms with Gasteiger partial charge in [0.1, 0.15) is 0 Å². The van der Waals surface area contributed by atoms with Crippen molar-refractivity contribution in [2.45, 2.75) is 19.4 Å². The minimum absolute atomic E-state index is 0.131. The molecule has 2 aromatic carbocycles. The molecule has 1 aliphatic rings. The fourth-order valence-electron chi connectivity index (χ4n) is 2.54. The molecule has 3 nitrogen and oxygen atoms in total. The summed E-state index contributed by atoms with van der Waals surface area (Å²) in [6.07, 6.45) is 0.316. The fourth-order valence-corrected chi connectivity index (χ4v) is 2.89. The van der Waals surface area contributed by atoms with E-state index in [2.05, 4.69) is 27.3 Å². The highest BCUT2D eigenvalue weighted by molar-refractivity contribution is 9.10. The number of aryl methyl sites for hydroxylation is 1. The maximum Gasteiger partial charge on any atom is 0.258 e. The Kier molecular flexibility index (Phi) is 4.08. The summed E-state index contributed by atoms with van der Waals surface area (Å²) in [4.78, 5) is 12.5. The molecule has 0 spiro atoms. The van der Waals surface area contributed by atoms with Crippen LogP contribution in [0.4, 0.5) is 5.69 Å². The van der Waals surface area contributed by atoms with E-state index in [4.69, 9.17) is 4.74 Å². The standard InChI is InChI=1S/C17H16BrNO2/c1-11-6-7-14(18)15(10-11)19-17(20)16-13-5-3-2-4-12(13)8-9-21-16/h2-7,10,16H,8-9H2,1H3,(H,19,20). The van der Waals surface area contributed by atoms with Crippen molar-refractivity contribution in [2.24, 2.45) is 0 Å². The number of hydrogen-bond acceptors (Lipinski definition) is 2. The smallest absolute Gasteiger partial charge is 0.258 e. The first-order valence-electron chi connectivity index (χ1n) is 6.91. The van der Waals surface area contributed by atoms with Gasteiger partial charge in [0.05, 0.1) is 12.3 Å². The van der Waals surface area contributed by atoms with Gasteiger partial charge in [-0.05, 0) is 58.1 Å². The number of carbonyl (C=O) groups excluding carboxylic acids is 1. The molecule has 1 heterocycles. The Morgan fingerprint density at radius 1 is 1.29 bits per heavy atom. The van der Waals surface area contributed by atoms with Crippen molar-refractivity contribution in [3.8, 4) is 0 Å². The number of carbonyl (C=O) groups is 1. The Morgan fingerprint density at radius 2 is 2.10 bits per heavy atom. The highest BCUT2D eigenvalue weighted by Gasteiger charge is 2.27. The van der Waals surface area contributed by atoms with Crippen LogP contribution in [0.5, 0.6) is 0 Å². The van der Waals surface area contributed by atoms with Crippen LogP contribution in [0.1, 0.15) is 22.8 Å². The second-order valence-electron chi connectivity index (χ2n) is 5.17. The van der Waals surface area contributed by atoms with E-state index in [0.29, 0.717) is 6.61 Å². The minimum Gasteiger partial charge on any atom is -0.363 e. The van der Waals surface area contributed by atoms with Crippen LogP contribution in [0.15, 0.2) is 46.9 Å². The lowest BCUT2D eigenvalue weighted by molar-refractivity contribution is -0.128. The van der Waals surface area contributed by atoms with E-state index in [9.17, 15) is 4.79 Å². The van der Waals surface area contributed by atoms with Crippen LogP contribution in [-0.4, -0.2) is 12.5 Å². The molecule has 3 rings (SSSR count). The largest absolute Gasteiger partial charge is 0.363 e. The van der Waals surface area contributed by atoms with Gasteiger partial charge in [0.25, 0.3) is 5.91 Å². The summed E-state index contributed by atoms with van der Waals surface area (Å²) in [6, 6.07) is 13.8. The predicted molar refractivity (Wildman–Crippen MR) is 86.3 cm³/mol. The third-order valence-corrected chi connectivity index (χ3v) is 4.30. The van der Waals surface area contributed by atoms with Crippen LogP contribution in [-0.2, 0) is 16.0 Å². The monoisotopic (exact) mass is 345 g/mol. The Hall–Kier alpha value is -1.65. The lowest BCUT2D eigenvalue weighted by Crippen LogP contribution is -2.28. The van der Waals surface area contributed by atoms with Gasteiger partial charge in [-0.3, -0.25) is 4.79 Å². The van der Waals surface area contributed by atoms with Crippen molar-refractivity contribution in [3.63, 3.8) is 0 Å². The number of hydrogen-bond donors (Lipinski definition) is 1. The fraction of sp³-hybridized carbons (Fsp3) is 0.235. The molecule has 2 aromatic rings. The highest BCUT2D eigenvalue weighted by atomic mass is 79.9. The summed E-state index contributed by atoms with van der Waals surface area (Å²) in [5.41, 5.74) is 4.02. The normalized spacial score (nSPS) is 17.1. The zero-order valence-corrected chi connectivity index (χ0v) is 13.3. The molecule has 4 heteroatoms. The average molecular weight is 346 g/mol. The molecule has 1 aliphatic heterocycles. The molecule has 21 heavy (non-hydrogen) atoms. The number of halogens is 1. The molecule has 1 amide bonds. The van der Waals surface area contributed by atoms with Crippen LogP contribution < -0.4 is 5.32 Å². The first kappa shape index (κ1) is 14.3. The van der Waals surface area contributed by atoms with E-state index < -0.39 is 6.10 Å². The summed E-state index contributed by atoms with van der Waals surface area (Å²) < 4.78 is 6.55. The molecule has 1 unspecified atom stereocenters. The van der Waals surface area contributed by atoms with Crippen LogP contribution in [0.25, 0.3) is 0 Å². The summed E-state index contributed by atoms with van der Waals surface area (Å²) in [6.45, 7) is 2.57. The van der Waals surface area contributed by atoms with Crippen molar-refractivity contribution in [1.29, 1.82) is 0 Å². The van der Waals surface area contributed by atoms with Gasteiger partial charge in [-0.1, -0.05) is 30.3 Å². The summed E-state index contributed by atoms with van der Waals surface area (Å²) in [5.74, 6) is -0.131. The highest BCUT2D eigenvalue weighted by Crippen LogP contribution is 2.30. The van der Waals surface area contributed by atoms with E-state index >= 15 is 0 Å². The second kappa shape index (κ2) is 6.00. The van der Waals surface area contributed by atoms with Crippen LogP contribution in [0.3, 0.4) is 0 Å². The number of ether oxygens (including phenoxy) is 1. The Bertz CT molecular complexity index is 684. The molecule has 0 radical (unpaired) electrons. The Labute approximate surface area is 132 Å². The number of anilines is 1. The van der Waals surface area contributed by atoms with E-state index in [0.717, 1.165) is 27.7 Å². The predicted octanol–water partition coefficient (Wildman–Crippen LogP) is 4.01. The molecule has 1 atom stereocenters. The number of benzene rings is 2. The second-order valence-corrected chi connectivity index (χ2v) is 6.03. The van der Waals surface area contributed by atoms with E-state index in [1.54, 1.807) is 0 Å². The summed E-state index contributed by atoms with van der Waals surface area (Å²) in [7, 11) is 0. The van der Waals surface area contributed by atoms with Gasteiger partial charge in [0.15, 0.2) is 6.10 Å². The number of fused-ring (bicyclic) bond motifs is 1. The van der Waals surface area contributed by atoms with Gasteiger partial charge >= 0.3 is 0 Å². The van der Waals surface area contributed by atoms with Gasteiger partial charge in [-0.15, -0.1) is 0 Å². The zero-order valence-electron chi connectivity index (χ0n) is 11.7. The van der Waals surface area contributed by atoms with Gasteiger partial charge in [-0.25, -0.2) is 0 Å². The topological polar surface area (TPSA) is 38.3 Å². The summed E-state index contributed by atoms with van der Waals surface area (Å²) in [5, 5.41) is 2.95. The van der Waals surface area contributed by atoms with Gasteiger partial charge in [0, 0.05) is 4.47 Å². The Balaban J connectivity index is 1.85. The SMILES string of the molecule is Cc1ccc(Br)c(NC(=O)C2OCCc3ccccc32)c1. The maximum atomic E-state index is 12.5. The molecule has 0 bridgehead atoms. The third-order valence-electron chi connectivity index (χ3n) is 3.61. The van der Waals surface area contributed by atoms with Gasteiger partial charge in [-0.2, -0.15) is 0 Å². The molecule has 0 saturated carbocycles. The van der Waals surface area contributed by atoms with E-state index in [-0.39, 0.29) is 5.91 Å². The molecule has 1 N–H and O–H groups in total. The molecule has 0 aromatic heterocycles. The molecular weight excluding hydrogens is 330 g/mol. The molecule has 0 fully saturated rings. The number of nitrogens with one attached hydrogen (secondary N) is 1. The third kappa shape index (κ3) is 3.01.